The van der Waals surface area contributed by atoms with E-state index in [2.05, 4.69) is 39.0 Å². The van der Waals surface area contributed by atoms with Crippen LogP contribution in [0.3, 0.4) is 0 Å². The quantitative estimate of drug-likeness (QED) is 0.232. The Balaban J connectivity index is 1.44. The minimum Gasteiger partial charge on any atom is -0.507 e. The van der Waals surface area contributed by atoms with Gasteiger partial charge in [-0.25, -0.2) is 9.82 Å². The van der Waals surface area contributed by atoms with Gasteiger partial charge in [0.2, 0.25) is 0 Å². The third kappa shape index (κ3) is 6.89. The van der Waals surface area contributed by atoms with E-state index in [0.717, 1.165) is 37.6 Å². The number of halogens is 1. The number of benzene rings is 2. The van der Waals surface area contributed by atoms with E-state index in [1.165, 1.54) is 35.9 Å². The zero-order valence-corrected chi connectivity index (χ0v) is 18.7. The number of phenols is 1. The highest BCUT2D eigenvalue weighted by Gasteiger charge is 2.19. The van der Waals surface area contributed by atoms with Crippen LogP contribution in [0.15, 0.2) is 59.1 Å². The number of rotatable bonds is 9. The minimum atomic E-state index is -0.487. The lowest BCUT2D eigenvalue weighted by molar-refractivity contribution is -0.122. The predicted octanol–water partition coefficient (Wildman–Crippen LogP) is 2.49. The van der Waals surface area contributed by atoms with Gasteiger partial charge in [-0.05, 0) is 48.2 Å². The zero-order valence-electron chi connectivity index (χ0n) is 17.8. The number of nitrogens with zero attached hydrogens (tertiary/aromatic N) is 3. The maximum atomic E-state index is 13.7. The summed E-state index contributed by atoms with van der Waals surface area (Å²) in [6.45, 7) is 7.98. The van der Waals surface area contributed by atoms with Crippen molar-refractivity contribution in [2.75, 3.05) is 32.7 Å². The second kappa shape index (κ2) is 11.8. The summed E-state index contributed by atoms with van der Waals surface area (Å²) in [4.78, 5) is 17.7. The number of carbonyl (C=O) groups is 1. The first-order valence-electron chi connectivity index (χ1n) is 10.3. The second-order valence-corrected chi connectivity index (χ2v) is 8.31. The number of allylic oxidation sites excluding steroid dienone is 1. The Morgan fingerprint density at radius 3 is 2.56 bits per heavy atom. The highest BCUT2D eigenvalue weighted by Crippen LogP contribution is 2.23. The molecule has 0 saturated carbocycles. The molecule has 1 aliphatic rings. The number of nitrogens with two attached hydrogens (primary N) is 1. The molecule has 0 bridgehead atoms. The monoisotopic (exact) mass is 457 g/mol. The number of piperazine rings is 1. The number of hydrogen-bond donors (Lipinski definition) is 3. The standard InChI is InChI=1S/C23H28FN5O2S/c1-2-3-18-12-20(24)13-19(23(18)31)14-26-27-22(30)16-29-10-8-28(9-11-29)15-17-4-6-21(32-25)7-5-17/h2,4-7,12-14,31H,1,3,8-11,15-16,25H2,(H,27,30)/b26-14+. The smallest absolute Gasteiger partial charge is 0.254 e. The van der Waals surface area contributed by atoms with Crippen molar-refractivity contribution in [3.05, 3.63) is 71.6 Å². The molecule has 0 unspecified atom stereocenters. The molecule has 0 atom stereocenters. The summed E-state index contributed by atoms with van der Waals surface area (Å²) >= 11 is 1.24. The van der Waals surface area contributed by atoms with Gasteiger partial charge in [0.1, 0.15) is 11.6 Å². The van der Waals surface area contributed by atoms with Crippen molar-refractivity contribution >= 4 is 24.1 Å². The molecule has 3 rings (SSSR count). The molecule has 7 nitrogen and oxygen atoms in total. The molecule has 4 N–H and O–H groups in total. The Kier molecular flexibility index (Phi) is 8.81. The Morgan fingerprint density at radius 1 is 1.22 bits per heavy atom. The summed E-state index contributed by atoms with van der Waals surface area (Å²) < 4.78 is 13.7. The SMILES string of the molecule is C=CCc1cc(F)cc(/C=N/NC(=O)CN2CCN(Cc3ccc(SN)cc3)CC2)c1O. The van der Waals surface area contributed by atoms with Gasteiger partial charge < -0.3 is 5.11 Å². The highest BCUT2D eigenvalue weighted by atomic mass is 32.2. The minimum absolute atomic E-state index is 0.0724. The number of hydrogen-bond acceptors (Lipinski definition) is 7. The summed E-state index contributed by atoms with van der Waals surface area (Å²) in [5, 5.41) is 19.6. The Hall–Kier alpha value is -2.72. The maximum Gasteiger partial charge on any atom is 0.254 e. The number of hydrazone groups is 1. The topological polar surface area (TPSA) is 94.2 Å². The van der Waals surface area contributed by atoms with Gasteiger partial charge in [-0.15, -0.1) is 6.58 Å². The van der Waals surface area contributed by atoms with Crippen molar-refractivity contribution in [2.24, 2.45) is 10.2 Å². The fourth-order valence-corrected chi connectivity index (χ4v) is 3.83. The van der Waals surface area contributed by atoms with E-state index >= 15 is 0 Å². The van der Waals surface area contributed by atoms with Gasteiger partial charge in [-0.3, -0.25) is 19.7 Å². The van der Waals surface area contributed by atoms with Crippen molar-refractivity contribution in [2.45, 2.75) is 17.9 Å². The van der Waals surface area contributed by atoms with Gasteiger partial charge in [0.25, 0.3) is 5.91 Å². The molecule has 1 heterocycles. The van der Waals surface area contributed by atoms with E-state index < -0.39 is 5.82 Å². The lowest BCUT2D eigenvalue weighted by atomic mass is 10.1. The zero-order chi connectivity index (χ0) is 22.9. The summed E-state index contributed by atoms with van der Waals surface area (Å²) in [6.07, 6.45) is 3.16. The molecule has 0 aliphatic carbocycles. The lowest BCUT2D eigenvalue weighted by Crippen LogP contribution is -2.48. The van der Waals surface area contributed by atoms with Crippen molar-refractivity contribution in [1.29, 1.82) is 0 Å². The molecular weight excluding hydrogens is 429 g/mol. The van der Waals surface area contributed by atoms with Gasteiger partial charge >= 0.3 is 0 Å². The third-order valence-corrected chi connectivity index (χ3v) is 5.78. The van der Waals surface area contributed by atoms with Crippen LogP contribution >= 0.6 is 11.9 Å². The average molecular weight is 458 g/mol. The molecule has 2 aromatic carbocycles. The fraction of sp³-hybridized carbons (Fsp3) is 0.304. The van der Waals surface area contributed by atoms with Crippen LogP contribution in [0.1, 0.15) is 16.7 Å². The molecule has 0 radical (unpaired) electrons. The van der Waals surface area contributed by atoms with Crippen LogP contribution < -0.4 is 10.6 Å². The summed E-state index contributed by atoms with van der Waals surface area (Å²) in [7, 11) is 0. The third-order valence-electron chi connectivity index (χ3n) is 5.24. The Bertz CT molecular complexity index is 960. The van der Waals surface area contributed by atoms with E-state index in [4.69, 9.17) is 5.14 Å². The van der Waals surface area contributed by atoms with E-state index in [-0.39, 0.29) is 23.8 Å². The normalized spacial score (nSPS) is 15.2. The molecule has 0 aromatic heterocycles. The first kappa shape index (κ1) is 23.9. The number of nitrogens with one attached hydrogen (secondary N) is 1. The van der Waals surface area contributed by atoms with Crippen molar-refractivity contribution in [1.82, 2.24) is 15.2 Å². The van der Waals surface area contributed by atoms with Crippen molar-refractivity contribution in [3.63, 3.8) is 0 Å². The van der Waals surface area contributed by atoms with Crippen LogP contribution in [-0.4, -0.2) is 59.8 Å². The van der Waals surface area contributed by atoms with Gasteiger partial charge in [0.05, 0.1) is 12.8 Å². The second-order valence-electron chi connectivity index (χ2n) is 7.60. The first-order chi connectivity index (χ1) is 15.5. The van der Waals surface area contributed by atoms with Gasteiger partial charge in [-0.2, -0.15) is 5.10 Å². The van der Waals surface area contributed by atoms with Gasteiger partial charge in [-0.1, -0.05) is 18.2 Å². The average Bonchev–Trinajstić information content (AvgIpc) is 2.79. The molecule has 1 saturated heterocycles. The van der Waals surface area contributed by atoms with Crippen LogP contribution in [-0.2, 0) is 17.8 Å². The molecule has 0 spiro atoms. The molecule has 9 heteroatoms. The Labute approximate surface area is 191 Å². The van der Waals surface area contributed by atoms with Crippen LogP contribution in [0.5, 0.6) is 5.75 Å². The number of aromatic hydroxyl groups is 1. The molecule has 1 amide bonds. The van der Waals surface area contributed by atoms with Gasteiger partial charge in [0, 0.05) is 48.7 Å². The largest absolute Gasteiger partial charge is 0.507 e. The molecule has 1 fully saturated rings. The van der Waals surface area contributed by atoms with Crippen molar-refractivity contribution < 1.29 is 14.3 Å². The lowest BCUT2D eigenvalue weighted by Gasteiger charge is -2.34. The predicted molar refractivity (Wildman–Crippen MR) is 126 cm³/mol. The van der Waals surface area contributed by atoms with E-state index in [1.807, 2.05) is 12.1 Å². The molecule has 32 heavy (non-hydrogen) atoms. The van der Waals surface area contributed by atoms with Crippen molar-refractivity contribution in [3.8, 4) is 5.75 Å². The number of amides is 1. The molecular formula is C23H28FN5O2S. The van der Waals surface area contributed by atoms with Crippen LogP contribution in [0.25, 0.3) is 0 Å². The van der Waals surface area contributed by atoms with E-state index in [9.17, 15) is 14.3 Å². The summed E-state index contributed by atoms with van der Waals surface area (Å²) in [5.74, 6) is -0.817. The van der Waals surface area contributed by atoms with E-state index in [1.54, 1.807) is 6.08 Å². The van der Waals surface area contributed by atoms with E-state index in [0.29, 0.717) is 12.0 Å². The fourth-order valence-electron chi connectivity index (χ4n) is 3.54. The van der Waals surface area contributed by atoms with Crippen LogP contribution in [0.4, 0.5) is 4.39 Å². The van der Waals surface area contributed by atoms with Crippen LogP contribution in [0, 0.1) is 5.82 Å². The summed E-state index contributed by atoms with van der Waals surface area (Å²) in [5.41, 5.74) is 4.30. The first-order valence-corrected chi connectivity index (χ1v) is 11.2. The van der Waals surface area contributed by atoms with Crippen LogP contribution in [0.2, 0.25) is 0 Å². The molecule has 1 aliphatic heterocycles. The Morgan fingerprint density at radius 2 is 1.91 bits per heavy atom. The molecule has 170 valence electrons. The molecule has 2 aromatic rings. The number of carbonyl (C=O) groups excluding carboxylic acids is 1. The van der Waals surface area contributed by atoms with Gasteiger partial charge in [0.15, 0.2) is 0 Å². The summed E-state index contributed by atoms with van der Waals surface area (Å²) in [6, 6.07) is 10.6. The maximum absolute atomic E-state index is 13.7. The number of phenolic OH excluding ortho intramolecular Hbond substituents is 1. The highest BCUT2D eigenvalue weighted by molar-refractivity contribution is 7.97.